The molecule has 2 rings (SSSR count). The van der Waals surface area contributed by atoms with Crippen molar-refractivity contribution in [3.05, 3.63) is 18.6 Å². The summed E-state index contributed by atoms with van der Waals surface area (Å²) in [6.45, 7) is 23.2. The molecule has 162 valence electrons. The Bertz CT molecular complexity index is 588. The summed E-state index contributed by atoms with van der Waals surface area (Å²) in [5, 5.41) is 0.0331. The SMILES string of the molecule is C=C=CO[C@@H]([C@H](O[Si](C)(C)C(C)(C)C)[C@H]1COC(C)(C)O1)[C@H]1COC(C)(C)O1. The lowest BCUT2D eigenvalue weighted by Gasteiger charge is -2.43. The maximum atomic E-state index is 6.82. The quantitative estimate of drug-likeness (QED) is 0.350. The van der Waals surface area contributed by atoms with E-state index in [4.69, 9.17) is 28.1 Å². The van der Waals surface area contributed by atoms with Gasteiger partial charge in [0, 0.05) is 0 Å². The molecule has 0 N–H and O–H groups in total. The Morgan fingerprint density at radius 1 is 1.00 bits per heavy atom. The third-order valence-corrected chi connectivity index (χ3v) is 10.1. The highest BCUT2D eigenvalue weighted by molar-refractivity contribution is 6.74. The fourth-order valence-electron chi connectivity index (χ4n) is 3.13. The van der Waals surface area contributed by atoms with Crippen LogP contribution in [-0.2, 0) is 28.1 Å². The largest absolute Gasteiger partial charge is 0.484 e. The first-order chi connectivity index (χ1) is 12.7. The van der Waals surface area contributed by atoms with Crippen molar-refractivity contribution < 1.29 is 28.1 Å². The van der Waals surface area contributed by atoms with Crippen LogP contribution in [0.2, 0.25) is 18.1 Å². The van der Waals surface area contributed by atoms with Gasteiger partial charge in [-0.1, -0.05) is 33.1 Å². The molecule has 2 aliphatic rings. The molecule has 0 amide bonds. The van der Waals surface area contributed by atoms with E-state index in [1.54, 1.807) is 0 Å². The molecule has 2 saturated heterocycles. The predicted molar refractivity (Wildman–Crippen MR) is 110 cm³/mol. The van der Waals surface area contributed by atoms with Crippen molar-refractivity contribution in [3.8, 4) is 0 Å². The molecule has 28 heavy (non-hydrogen) atoms. The maximum absolute atomic E-state index is 6.82. The van der Waals surface area contributed by atoms with Crippen LogP contribution in [0.1, 0.15) is 48.5 Å². The minimum atomic E-state index is -2.13. The molecule has 0 bridgehead atoms. The zero-order chi connectivity index (χ0) is 21.4. The van der Waals surface area contributed by atoms with E-state index >= 15 is 0 Å². The number of hydrogen-bond donors (Lipinski definition) is 0. The van der Waals surface area contributed by atoms with Crippen molar-refractivity contribution in [2.45, 2.75) is 103 Å². The molecular formula is C21H38O6Si. The van der Waals surface area contributed by atoms with E-state index in [-0.39, 0.29) is 23.4 Å². The van der Waals surface area contributed by atoms with Crippen molar-refractivity contribution in [3.63, 3.8) is 0 Å². The minimum Gasteiger partial charge on any atom is -0.484 e. The Labute approximate surface area is 171 Å². The minimum absolute atomic E-state index is 0.0331. The smallest absolute Gasteiger partial charge is 0.192 e. The Balaban J connectivity index is 2.36. The summed E-state index contributed by atoms with van der Waals surface area (Å²) in [5.41, 5.74) is 2.69. The lowest BCUT2D eigenvalue weighted by atomic mass is 10.0. The molecule has 0 aromatic rings. The number of hydrogen-bond acceptors (Lipinski definition) is 6. The van der Waals surface area contributed by atoms with Crippen LogP contribution >= 0.6 is 0 Å². The fourth-order valence-corrected chi connectivity index (χ4v) is 4.45. The second-order valence-electron chi connectivity index (χ2n) is 10.00. The molecular weight excluding hydrogens is 376 g/mol. The first-order valence-electron chi connectivity index (χ1n) is 9.99. The summed E-state index contributed by atoms with van der Waals surface area (Å²) in [5.74, 6) is -1.33. The molecule has 4 atom stereocenters. The highest BCUT2D eigenvalue weighted by Gasteiger charge is 2.51. The van der Waals surface area contributed by atoms with Crippen molar-refractivity contribution in [2.75, 3.05) is 13.2 Å². The Kier molecular flexibility index (Phi) is 6.94. The van der Waals surface area contributed by atoms with Crippen molar-refractivity contribution >= 4 is 8.32 Å². The average Bonchev–Trinajstić information content (AvgIpc) is 3.07. The van der Waals surface area contributed by atoms with Crippen molar-refractivity contribution in [1.82, 2.24) is 0 Å². The van der Waals surface area contributed by atoms with Gasteiger partial charge in [-0.15, -0.1) is 0 Å². The van der Waals surface area contributed by atoms with Gasteiger partial charge in [0.1, 0.15) is 24.6 Å². The molecule has 2 fully saturated rings. The van der Waals surface area contributed by atoms with E-state index < -0.39 is 26.0 Å². The molecule has 7 heteroatoms. The van der Waals surface area contributed by atoms with Crippen molar-refractivity contribution in [2.24, 2.45) is 0 Å². The van der Waals surface area contributed by atoms with Crippen LogP contribution in [-0.4, -0.2) is 57.5 Å². The van der Waals surface area contributed by atoms with Gasteiger partial charge < -0.3 is 28.1 Å². The summed E-state index contributed by atoms with van der Waals surface area (Å²) in [7, 11) is -2.13. The molecule has 0 aromatic carbocycles. The van der Waals surface area contributed by atoms with E-state index in [1.807, 2.05) is 27.7 Å². The van der Waals surface area contributed by atoms with Crippen LogP contribution in [0.15, 0.2) is 18.6 Å². The monoisotopic (exact) mass is 414 g/mol. The zero-order valence-electron chi connectivity index (χ0n) is 19.0. The summed E-state index contributed by atoms with van der Waals surface area (Å²) in [6.07, 6.45) is 0.0613. The normalized spacial score (nSPS) is 29.2. The van der Waals surface area contributed by atoms with E-state index in [0.717, 1.165) is 0 Å². The molecule has 0 aromatic heterocycles. The first-order valence-corrected chi connectivity index (χ1v) is 12.9. The highest BCUT2D eigenvalue weighted by atomic mass is 28.4. The van der Waals surface area contributed by atoms with E-state index in [2.05, 4.69) is 46.2 Å². The summed E-state index contributed by atoms with van der Waals surface area (Å²) < 4.78 is 36.8. The van der Waals surface area contributed by atoms with Crippen LogP contribution in [0.3, 0.4) is 0 Å². The van der Waals surface area contributed by atoms with Gasteiger partial charge >= 0.3 is 0 Å². The molecule has 6 nitrogen and oxygen atoms in total. The molecule has 0 unspecified atom stereocenters. The molecule has 0 radical (unpaired) electrons. The van der Waals surface area contributed by atoms with Crippen LogP contribution in [0, 0.1) is 0 Å². The van der Waals surface area contributed by atoms with Crippen LogP contribution in [0.25, 0.3) is 0 Å². The summed E-state index contributed by atoms with van der Waals surface area (Å²) in [6, 6.07) is 0. The van der Waals surface area contributed by atoms with E-state index in [9.17, 15) is 0 Å². The van der Waals surface area contributed by atoms with Crippen molar-refractivity contribution in [1.29, 1.82) is 0 Å². The third kappa shape index (κ3) is 5.69. The van der Waals surface area contributed by atoms with Gasteiger partial charge in [-0.3, -0.25) is 0 Å². The Hall–Kier alpha value is -0.663. The van der Waals surface area contributed by atoms with Gasteiger partial charge in [0.05, 0.1) is 13.2 Å². The highest BCUT2D eigenvalue weighted by Crippen LogP contribution is 2.41. The van der Waals surface area contributed by atoms with Gasteiger partial charge in [-0.2, -0.15) is 0 Å². The van der Waals surface area contributed by atoms with E-state index in [0.29, 0.717) is 13.2 Å². The van der Waals surface area contributed by atoms with E-state index in [1.165, 1.54) is 6.26 Å². The number of ether oxygens (including phenoxy) is 5. The third-order valence-electron chi connectivity index (χ3n) is 5.66. The first kappa shape index (κ1) is 23.6. The Morgan fingerprint density at radius 3 is 1.82 bits per heavy atom. The summed E-state index contributed by atoms with van der Waals surface area (Å²) in [4.78, 5) is 0. The standard InChI is InChI=1S/C21H38O6Si/c1-11-12-22-17(15-13-23-20(5,6)25-15)18(16-14-24-21(7,8)26-16)27-28(9,10)19(2,3)4/h12,15-18H,1,13-14H2,2-10H3/t15-,16-,17-,18-/m1/s1. The second-order valence-corrected chi connectivity index (χ2v) is 14.8. The van der Waals surface area contributed by atoms with Crippen LogP contribution in [0.4, 0.5) is 0 Å². The van der Waals surface area contributed by atoms with Gasteiger partial charge in [0.15, 0.2) is 26.0 Å². The van der Waals surface area contributed by atoms with Gasteiger partial charge in [0.25, 0.3) is 0 Å². The maximum Gasteiger partial charge on any atom is 0.192 e. The lowest BCUT2D eigenvalue weighted by molar-refractivity contribution is -0.182. The topological polar surface area (TPSA) is 55.4 Å². The molecule has 2 aliphatic heterocycles. The van der Waals surface area contributed by atoms with Crippen LogP contribution in [0.5, 0.6) is 0 Å². The summed E-state index contributed by atoms with van der Waals surface area (Å²) >= 11 is 0. The van der Waals surface area contributed by atoms with Gasteiger partial charge in [0.2, 0.25) is 0 Å². The van der Waals surface area contributed by atoms with Gasteiger partial charge in [-0.05, 0) is 45.8 Å². The Morgan fingerprint density at radius 2 is 1.46 bits per heavy atom. The van der Waals surface area contributed by atoms with Crippen LogP contribution < -0.4 is 0 Å². The second kappa shape index (κ2) is 8.23. The molecule has 0 saturated carbocycles. The predicted octanol–water partition coefficient (Wildman–Crippen LogP) is 4.36. The average molecular weight is 415 g/mol. The van der Waals surface area contributed by atoms with Gasteiger partial charge in [-0.25, -0.2) is 0 Å². The lowest BCUT2D eigenvalue weighted by Crippen LogP contribution is -2.56. The molecule has 0 aliphatic carbocycles. The molecule has 0 spiro atoms. The number of rotatable bonds is 7. The molecule has 2 heterocycles. The fraction of sp³-hybridized carbons (Fsp3) is 0.857. The zero-order valence-corrected chi connectivity index (χ0v) is 20.0.